The van der Waals surface area contributed by atoms with Crippen molar-refractivity contribution < 1.29 is 55.0 Å². The molecular formula is C42H51N7O12S2. The van der Waals surface area contributed by atoms with E-state index in [4.69, 9.17) is 5.73 Å². The Bertz CT molecular complexity index is 2600. The fourth-order valence-corrected chi connectivity index (χ4v) is 9.10. The minimum Gasteiger partial charge on any atom is -0.397 e. The second-order valence-corrected chi connectivity index (χ2v) is 19.6. The smallest absolute Gasteiger partial charge is 0.296 e. The van der Waals surface area contributed by atoms with Gasteiger partial charge in [-0.3, -0.25) is 38.1 Å². The van der Waals surface area contributed by atoms with Crippen molar-refractivity contribution in [1.29, 1.82) is 0 Å². The van der Waals surface area contributed by atoms with Gasteiger partial charge >= 0.3 is 0 Å². The molecule has 5 rings (SSSR count). The van der Waals surface area contributed by atoms with E-state index in [9.17, 15) is 55.0 Å². The summed E-state index contributed by atoms with van der Waals surface area (Å²) in [4.78, 5) is 92.6. The number of nitrogens with two attached hydrogens (primary N) is 1. The number of rotatable bonds is 16. The molecule has 1 fully saturated rings. The number of hydrogen-bond donors (Lipinski definition) is 7. The monoisotopic (exact) mass is 909 g/mol. The number of nitrogens with zero attached hydrogens (tertiary/aromatic N) is 1. The number of benzene rings is 3. The Hall–Kier alpha value is -6.19. The number of sulfone groups is 1. The summed E-state index contributed by atoms with van der Waals surface area (Å²) in [7, 11) is -9.13. The van der Waals surface area contributed by atoms with Crippen molar-refractivity contribution in [3.8, 4) is 0 Å². The van der Waals surface area contributed by atoms with Gasteiger partial charge in [0.2, 0.25) is 29.5 Å². The lowest BCUT2D eigenvalue weighted by molar-refractivity contribution is -0.142. The van der Waals surface area contributed by atoms with Crippen LogP contribution >= 0.6 is 0 Å². The molecule has 8 N–H and O–H groups in total. The molecule has 338 valence electrons. The highest BCUT2D eigenvalue weighted by molar-refractivity contribution is 7.91. The van der Waals surface area contributed by atoms with E-state index in [-0.39, 0.29) is 51.3 Å². The van der Waals surface area contributed by atoms with Crippen molar-refractivity contribution in [2.75, 3.05) is 29.9 Å². The molecule has 1 aliphatic heterocycles. The van der Waals surface area contributed by atoms with Crippen LogP contribution in [0.4, 0.5) is 17.1 Å². The van der Waals surface area contributed by atoms with E-state index in [0.29, 0.717) is 19.4 Å². The summed E-state index contributed by atoms with van der Waals surface area (Å²) in [6.07, 6.45) is 0.882. The van der Waals surface area contributed by atoms with Crippen molar-refractivity contribution in [3.63, 3.8) is 0 Å². The van der Waals surface area contributed by atoms with Gasteiger partial charge in [-0.1, -0.05) is 58.0 Å². The summed E-state index contributed by atoms with van der Waals surface area (Å²) < 4.78 is 61.5. The first kappa shape index (κ1) is 47.9. The molecule has 4 unspecified atom stereocenters. The highest BCUT2D eigenvalue weighted by atomic mass is 32.2. The van der Waals surface area contributed by atoms with Gasteiger partial charge in [-0.15, -0.1) is 0 Å². The maximum atomic E-state index is 13.7. The van der Waals surface area contributed by atoms with Crippen LogP contribution in [-0.4, -0.2) is 110 Å². The summed E-state index contributed by atoms with van der Waals surface area (Å²) in [5.74, 6) is -5.53. The van der Waals surface area contributed by atoms with Gasteiger partial charge in [-0.2, -0.15) is 8.42 Å². The average molecular weight is 910 g/mol. The van der Waals surface area contributed by atoms with E-state index in [0.717, 1.165) is 6.07 Å². The van der Waals surface area contributed by atoms with Gasteiger partial charge in [0.05, 0.1) is 33.2 Å². The molecule has 0 aromatic heterocycles. The third kappa shape index (κ3) is 10.5. The number of likely N-dealkylation sites (tertiary alicyclic amines) is 1. The molecule has 0 spiro atoms. The van der Waals surface area contributed by atoms with Gasteiger partial charge in [0.15, 0.2) is 21.4 Å². The molecule has 3 aromatic rings. The van der Waals surface area contributed by atoms with E-state index < -0.39 is 107 Å². The first-order chi connectivity index (χ1) is 29.4. The van der Waals surface area contributed by atoms with Crippen molar-refractivity contribution in [3.05, 3.63) is 76.9 Å². The van der Waals surface area contributed by atoms with Gasteiger partial charge in [-0.25, -0.2) is 8.42 Å². The minimum atomic E-state index is -5.01. The number of amides is 5. The molecule has 1 saturated heterocycles. The first-order valence-corrected chi connectivity index (χ1v) is 23.2. The molecule has 5 amide bonds. The van der Waals surface area contributed by atoms with Crippen LogP contribution in [-0.2, 0) is 43.9 Å². The Labute approximate surface area is 365 Å². The quantitative estimate of drug-likeness (QED) is 0.0623. The number of hydrogen-bond acceptors (Lipinski definition) is 13. The van der Waals surface area contributed by atoms with Crippen LogP contribution in [0.2, 0.25) is 0 Å². The maximum absolute atomic E-state index is 13.7. The summed E-state index contributed by atoms with van der Waals surface area (Å²) in [6.45, 7) is 9.57. The van der Waals surface area contributed by atoms with E-state index in [1.807, 2.05) is 0 Å². The summed E-state index contributed by atoms with van der Waals surface area (Å²) in [6, 6.07) is 7.93. The number of carbonyl (C=O) groups is 7. The Morgan fingerprint density at radius 2 is 1.41 bits per heavy atom. The number of carbonyl (C=O) groups excluding carboxylic acids is 7. The van der Waals surface area contributed by atoms with Crippen LogP contribution in [0, 0.1) is 11.8 Å². The summed E-state index contributed by atoms with van der Waals surface area (Å²) in [5, 5.41) is 13.2. The van der Waals surface area contributed by atoms with Crippen LogP contribution in [0.25, 0.3) is 0 Å². The van der Waals surface area contributed by atoms with Crippen molar-refractivity contribution >= 4 is 78.1 Å². The van der Waals surface area contributed by atoms with Gasteiger partial charge < -0.3 is 37.2 Å². The summed E-state index contributed by atoms with van der Waals surface area (Å²) in [5.41, 5.74) is 4.49. The highest BCUT2D eigenvalue weighted by Crippen LogP contribution is 2.40. The highest BCUT2D eigenvalue weighted by Gasteiger charge is 2.39. The van der Waals surface area contributed by atoms with Crippen LogP contribution < -0.4 is 32.3 Å². The molecule has 2 aliphatic rings. The number of anilines is 3. The lowest BCUT2D eigenvalue weighted by Gasteiger charge is -2.30. The molecule has 1 aliphatic carbocycles. The van der Waals surface area contributed by atoms with Gasteiger partial charge in [0.25, 0.3) is 10.1 Å². The molecule has 63 heavy (non-hydrogen) atoms. The minimum absolute atomic E-state index is 0.0240. The van der Waals surface area contributed by atoms with Gasteiger partial charge in [-0.05, 0) is 56.9 Å². The van der Waals surface area contributed by atoms with Crippen LogP contribution in [0.3, 0.4) is 0 Å². The molecular weight excluding hydrogens is 859 g/mol. The number of nitrogens with one attached hydrogen (secondary N) is 5. The van der Waals surface area contributed by atoms with E-state index >= 15 is 0 Å². The SMILES string of the molecule is CC(C)C(=O)NC(C)C(=O)N1CCCC1C(=O)NC(C(=O)NC(C)C(=O)NCCS(=O)(=O)c1cccc(Nc2cc(S(=O)(=O)O)c(N)c3c2C(=O)c2ccccc2C3=O)c1)C(C)C. The lowest BCUT2D eigenvalue weighted by Crippen LogP contribution is -2.58. The fraction of sp³-hybridized carbons (Fsp3) is 0.405. The lowest BCUT2D eigenvalue weighted by atomic mass is 9.82. The molecule has 3 aromatic carbocycles. The maximum Gasteiger partial charge on any atom is 0.296 e. The third-order valence-electron chi connectivity index (χ3n) is 10.7. The van der Waals surface area contributed by atoms with Crippen LogP contribution in [0.15, 0.2) is 64.4 Å². The predicted molar refractivity (Wildman–Crippen MR) is 230 cm³/mol. The Morgan fingerprint density at radius 3 is 2.02 bits per heavy atom. The van der Waals surface area contributed by atoms with Gasteiger partial charge in [0.1, 0.15) is 29.1 Å². The average Bonchev–Trinajstić information content (AvgIpc) is 3.71. The fourth-order valence-electron chi connectivity index (χ4n) is 7.25. The van der Waals surface area contributed by atoms with Crippen molar-refractivity contribution in [1.82, 2.24) is 26.2 Å². The number of nitrogen functional groups attached to an aromatic ring is 1. The van der Waals surface area contributed by atoms with Crippen molar-refractivity contribution in [2.24, 2.45) is 11.8 Å². The van der Waals surface area contributed by atoms with Crippen molar-refractivity contribution in [2.45, 2.75) is 88.3 Å². The van der Waals surface area contributed by atoms with Crippen LogP contribution in [0.5, 0.6) is 0 Å². The van der Waals surface area contributed by atoms with Gasteiger partial charge in [0, 0.05) is 35.8 Å². The molecule has 21 heteroatoms. The zero-order valence-corrected chi connectivity index (χ0v) is 37.1. The molecule has 19 nitrogen and oxygen atoms in total. The Kier molecular flexibility index (Phi) is 14.5. The third-order valence-corrected chi connectivity index (χ3v) is 13.3. The number of fused-ring (bicyclic) bond motifs is 2. The summed E-state index contributed by atoms with van der Waals surface area (Å²) >= 11 is 0. The standard InChI is InChI=1S/C42H51N7O12S2/c1-21(2)35(48-40(54)30-15-10-17-49(30)42(56)24(6)46-38(52)22(3)4)41(55)45-23(5)39(53)44-16-18-62(57,58)26-12-9-11-25(19-26)47-29-20-31(63(59,60)61)34(43)33-32(29)36(50)27-13-7-8-14-28(27)37(33)51/h7-9,11-14,19-24,30,35,47H,10,15-18,43H2,1-6H3,(H,44,53)(H,45,55)(H,46,52)(H,48,54)(H,59,60,61). The van der Waals surface area contributed by atoms with Crippen LogP contribution in [0.1, 0.15) is 86.2 Å². The zero-order chi connectivity index (χ0) is 46.7. The van der Waals surface area contributed by atoms with E-state index in [1.165, 1.54) is 67.3 Å². The van der Waals surface area contributed by atoms with E-state index in [1.54, 1.807) is 27.7 Å². The molecule has 0 radical (unpaired) electrons. The molecule has 0 saturated carbocycles. The first-order valence-electron chi connectivity index (χ1n) is 20.2. The Balaban J connectivity index is 1.22. The van der Waals surface area contributed by atoms with E-state index in [2.05, 4.69) is 26.6 Å². The predicted octanol–water partition coefficient (Wildman–Crippen LogP) is 1.72. The molecule has 1 heterocycles. The molecule has 4 atom stereocenters. The topological polar surface area (TPSA) is 297 Å². The normalized spacial score (nSPS) is 16.4. The zero-order valence-electron chi connectivity index (χ0n) is 35.5. The number of ketones is 2. The largest absolute Gasteiger partial charge is 0.397 e. The Morgan fingerprint density at radius 1 is 0.794 bits per heavy atom. The second kappa shape index (κ2) is 19.1. The second-order valence-electron chi connectivity index (χ2n) is 16.1. The molecule has 0 bridgehead atoms.